The molecule has 1 amide bonds. The summed E-state index contributed by atoms with van der Waals surface area (Å²) in [6, 6.07) is 5.59. The maximum Gasteiger partial charge on any atom is 0.270 e. The van der Waals surface area contributed by atoms with Crippen molar-refractivity contribution in [3.63, 3.8) is 0 Å². The van der Waals surface area contributed by atoms with Gasteiger partial charge in [0, 0.05) is 30.2 Å². The first-order valence-corrected chi connectivity index (χ1v) is 9.20. The molecule has 0 atom stereocenters. The van der Waals surface area contributed by atoms with Crippen molar-refractivity contribution in [3.05, 3.63) is 29.3 Å². The zero-order valence-electron chi connectivity index (χ0n) is 14.4. The molecular formula is C17H22N4O3S. The van der Waals surface area contributed by atoms with E-state index in [0.29, 0.717) is 23.1 Å². The monoisotopic (exact) mass is 362 g/mol. The third-order valence-electron chi connectivity index (χ3n) is 3.97. The molecule has 0 aliphatic carbocycles. The molecule has 25 heavy (non-hydrogen) atoms. The molecule has 1 aliphatic rings. The molecule has 0 bridgehead atoms. The zero-order valence-corrected chi connectivity index (χ0v) is 15.2. The summed E-state index contributed by atoms with van der Waals surface area (Å²) >= 11 is 1.39. The Morgan fingerprint density at radius 2 is 2.08 bits per heavy atom. The van der Waals surface area contributed by atoms with Gasteiger partial charge in [-0.25, -0.2) is 4.98 Å². The molecule has 0 fully saturated rings. The second-order valence-corrected chi connectivity index (χ2v) is 6.37. The fourth-order valence-electron chi connectivity index (χ4n) is 2.49. The highest BCUT2D eigenvalue weighted by Gasteiger charge is 2.15. The van der Waals surface area contributed by atoms with Gasteiger partial charge in [0.25, 0.3) is 5.91 Å². The topological polar surface area (TPSA) is 75.7 Å². The Morgan fingerprint density at radius 1 is 1.28 bits per heavy atom. The van der Waals surface area contributed by atoms with Crippen LogP contribution in [-0.4, -0.2) is 48.8 Å². The number of amides is 1. The summed E-state index contributed by atoms with van der Waals surface area (Å²) in [7, 11) is 0. The molecule has 2 heterocycles. The van der Waals surface area contributed by atoms with Gasteiger partial charge in [-0.2, -0.15) is 0 Å². The molecule has 8 heteroatoms. The largest absolute Gasteiger partial charge is 0.454 e. The lowest BCUT2D eigenvalue weighted by atomic mass is 10.3. The number of rotatable bonds is 8. The van der Waals surface area contributed by atoms with Crippen LogP contribution in [0.3, 0.4) is 0 Å². The van der Waals surface area contributed by atoms with E-state index in [0.717, 1.165) is 31.1 Å². The molecule has 1 aliphatic heterocycles. The fourth-order valence-corrected chi connectivity index (χ4v) is 3.20. The van der Waals surface area contributed by atoms with Crippen LogP contribution >= 0.6 is 11.3 Å². The molecule has 0 saturated carbocycles. The first kappa shape index (κ1) is 17.5. The van der Waals surface area contributed by atoms with Crippen molar-refractivity contribution < 1.29 is 14.3 Å². The summed E-state index contributed by atoms with van der Waals surface area (Å²) < 4.78 is 10.6. The summed E-state index contributed by atoms with van der Waals surface area (Å²) in [5.74, 6) is 1.29. The highest BCUT2D eigenvalue weighted by molar-refractivity contribution is 7.14. The molecule has 134 valence electrons. The van der Waals surface area contributed by atoms with Crippen molar-refractivity contribution in [2.24, 2.45) is 0 Å². The molecule has 1 aromatic carbocycles. The van der Waals surface area contributed by atoms with Crippen molar-refractivity contribution in [2.75, 3.05) is 38.3 Å². The number of hydrogen-bond acceptors (Lipinski definition) is 7. The first-order valence-electron chi connectivity index (χ1n) is 8.32. The number of carbonyl (C=O) groups excluding carboxylic acids is 1. The number of fused-ring (bicyclic) bond motifs is 1. The number of hydrogen-bond donors (Lipinski definition) is 2. The minimum absolute atomic E-state index is 0.151. The van der Waals surface area contributed by atoms with Crippen LogP contribution in [0.1, 0.15) is 24.3 Å². The molecule has 0 saturated heterocycles. The van der Waals surface area contributed by atoms with Crippen molar-refractivity contribution in [1.29, 1.82) is 0 Å². The van der Waals surface area contributed by atoms with Gasteiger partial charge in [-0.3, -0.25) is 4.79 Å². The number of likely N-dealkylation sites (N-methyl/N-ethyl adjacent to an activating group) is 1. The Kier molecular flexibility index (Phi) is 5.72. The van der Waals surface area contributed by atoms with Gasteiger partial charge in [0.2, 0.25) is 6.79 Å². The van der Waals surface area contributed by atoms with E-state index in [9.17, 15) is 4.79 Å². The molecular weight excluding hydrogens is 340 g/mol. The second-order valence-electron chi connectivity index (χ2n) is 5.51. The Hall–Kier alpha value is -2.32. The molecule has 2 aromatic rings. The van der Waals surface area contributed by atoms with E-state index in [1.807, 2.05) is 18.2 Å². The highest BCUT2D eigenvalue weighted by atomic mass is 32.1. The Balaban J connectivity index is 1.54. The van der Waals surface area contributed by atoms with Crippen LogP contribution in [0.25, 0.3) is 0 Å². The van der Waals surface area contributed by atoms with Crippen molar-refractivity contribution in [1.82, 2.24) is 15.2 Å². The van der Waals surface area contributed by atoms with E-state index in [1.165, 1.54) is 11.3 Å². The van der Waals surface area contributed by atoms with Crippen molar-refractivity contribution >= 4 is 28.1 Å². The average Bonchev–Trinajstić information content (AvgIpc) is 3.27. The number of anilines is 2. The zero-order chi connectivity index (χ0) is 17.6. The normalized spacial score (nSPS) is 12.4. The molecule has 7 nitrogen and oxygen atoms in total. The van der Waals surface area contributed by atoms with Crippen molar-refractivity contribution in [3.8, 4) is 11.5 Å². The number of carbonyl (C=O) groups is 1. The van der Waals surface area contributed by atoms with E-state index in [2.05, 4.69) is 34.4 Å². The van der Waals surface area contributed by atoms with Gasteiger partial charge < -0.3 is 25.0 Å². The maximum atomic E-state index is 12.2. The Bertz CT molecular complexity index is 730. The predicted octanol–water partition coefficient (Wildman–Crippen LogP) is 2.69. The summed E-state index contributed by atoms with van der Waals surface area (Å²) in [5, 5.41) is 8.51. The Labute approximate surface area is 151 Å². The van der Waals surface area contributed by atoms with E-state index in [4.69, 9.17) is 9.47 Å². The number of nitrogens with zero attached hydrogens (tertiary/aromatic N) is 2. The summed E-state index contributed by atoms with van der Waals surface area (Å²) in [4.78, 5) is 18.8. The second kappa shape index (κ2) is 8.17. The van der Waals surface area contributed by atoms with Crippen molar-refractivity contribution in [2.45, 2.75) is 13.8 Å². The SMILES string of the molecule is CCN(CC)CCNC(=O)c1csc(Nc2ccc3c(c2)OCO3)n1. The van der Waals surface area contributed by atoms with Crippen LogP contribution < -0.4 is 20.1 Å². The molecule has 0 radical (unpaired) electrons. The minimum atomic E-state index is -0.151. The maximum absolute atomic E-state index is 12.2. The smallest absolute Gasteiger partial charge is 0.270 e. The number of aromatic nitrogens is 1. The summed E-state index contributed by atoms with van der Waals surface area (Å²) in [6.07, 6.45) is 0. The lowest BCUT2D eigenvalue weighted by Gasteiger charge is -2.17. The van der Waals surface area contributed by atoms with E-state index in [1.54, 1.807) is 5.38 Å². The molecule has 0 spiro atoms. The van der Waals surface area contributed by atoms with E-state index < -0.39 is 0 Å². The van der Waals surface area contributed by atoms with Crippen LogP contribution in [0.4, 0.5) is 10.8 Å². The molecule has 1 aromatic heterocycles. The lowest BCUT2D eigenvalue weighted by molar-refractivity contribution is 0.0944. The van der Waals surface area contributed by atoms with Crippen LogP contribution in [-0.2, 0) is 0 Å². The van der Waals surface area contributed by atoms with Crippen LogP contribution in [0.15, 0.2) is 23.6 Å². The van der Waals surface area contributed by atoms with Gasteiger partial charge in [-0.05, 0) is 25.2 Å². The van der Waals surface area contributed by atoms with Gasteiger partial charge in [-0.15, -0.1) is 11.3 Å². The number of nitrogens with one attached hydrogen (secondary N) is 2. The predicted molar refractivity (Wildman–Crippen MR) is 98.1 cm³/mol. The minimum Gasteiger partial charge on any atom is -0.454 e. The molecule has 2 N–H and O–H groups in total. The number of thiazole rings is 1. The van der Waals surface area contributed by atoms with Gasteiger partial charge in [0.15, 0.2) is 16.6 Å². The third-order valence-corrected chi connectivity index (χ3v) is 4.73. The van der Waals surface area contributed by atoms with Gasteiger partial charge in [0.05, 0.1) is 0 Å². The molecule has 3 rings (SSSR count). The first-order chi connectivity index (χ1) is 12.2. The van der Waals surface area contributed by atoms with Crippen LogP contribution in [0, 0.1) is 0 Å². The highest BCUT2D eigenvalue weighted by Crippen LogP contribution is 2.35. The van der Waals surface area contributed by atoms with E-state index in [-0.39, 0.29) is 12.7 Å². The number of benzene rings is 1. The van der Waals surface area contributed by atoms with E-state index >= 15 is 0 Å². The standard InChI is InChI=1S/C17H22N4O3S/c1-3-21(4-2)8-7-18-16(22)13-10-25-17(20-13)19-12-5-6-14-15(9-12)24-11-23-14/h5-6,9-10H,3-4,7-8,11H2,1-2H3,(H,18,22)(H,19,20). The Morgan fingerprint density at radius 3 is 2.88 bits per heavy atom. The lowest BCUT2D eigenvalue weighted by Crippen LogP contribution is -2.34. The quantitative estimate of drug-likeness (QED) is 0.752. The van der Waals surface area contributed by atoms with Gasteiger partial charge in [0.1, 0.15) is 5.69 Å². The average molecular weight is 362 g/mol. The number of ether oxygens (including phenoxy) is 2. The van der Waals surface area contributed by atoms with Crippen LogP contribution in [0.2, 0.25) is 0 Å². The summed E-state index contributed by atoms with van der Waals surface area (Å²) in [6.45, 7) is 7.88. The third kappa shape index (κ3) is 4.40. The van der Waals surface area contributed by atoms with Gasteiger partial charge in [-0.1, -0.05) is 13.8 Å². The molecule has 0 unspecified atom stereocenters. The van der Waals surface area contributed by atoms with Crippen LogP contribution in [0.5, 0.6) is 11.5 Å². The summed E-state index contributed by atoms with van der Waals surface area (Å²) in [5.41, 5.74) is 1.26. The fraction of sp³-hybridized carbons (Fsp3) is 0.412. The van der Waals surface area contributed by atoms with Gasteiger partial charge >= 0.3 is 0 Å².